The maximum Gasteiger partial charge on any atom is -0.0210 e. The first kappa shape index (κ1) is 13.8. The van der Waals surface area contributed by atoms with Gasteiger partial charge in [0.25, 0.3) is 0 Å². The highest BCUT2D eigenvalue weighted by molar-refractivity contribution is 7.86. The maximum atomic E-state index is 4.42. The van der Waals surface area contributed by atoms with Gasteiger partial charge in [0.2, 0.25) is 0 Å². The van der Waals surface area contributed by atoms with E-state index >= 15 is 0 Å². The van der Waals surface area contributed by atoms with Gasteiger partial charge in [0.1, 0.15) is 0 Å². The topological polar surface area (TPSA) is 0 Å². The van der Waals surface area contributed by atoms with Gasteiger partial charge in [-0.2, -0.15) is 0 Å². The fraction of sp³-hybridized carbons (Fsp3) is 0.188. The van der Waals surface area contributed by atoms with Crippen LogP contribution in [0.5, 0.6) is 0 Å². The van der Waals surface area contributed by atoms with Crippen LogP contribution in [0.1, 0.15) is 13.8 Å². The van der Waals surface area contributed by atoms with Crippen LogP contribution in [0.3, 0.4) is 0 Å². The smallest absolute Gasteiger partial charge is 0.0210 e. The van der Waals surface area contributed by atoms with E-state index in [1.807, 2.05) is 13.8 Å². The van der Waals surface area contributed by atoms with Crippen molar-refractivity contribution in [3.8, 4) is 0 Å². The average molecular weight is 244 g/mol. The zero-order valence-electron chi connectivity index (χ0n) is 10.9. The lowest BCUT2D eigenvalue weighted by atomic mass is 10.4. The molecule has 90 valence electrons. The van der Waals surface area contributed by atoms with Crippen molar-refractivity contribution in [2.45, 2.75) is 13.8 Å². The maximum absolute atomic E-state index is 4.42. The molecule has 2 aromatic rings. The van der Waals surface area contributed by atoms with E-state index in [1.165, 1.54) is 10.6 Å². The molecule has 0 spiro atoms. The summed E-state index contributed by atoms with van der Waals surface area (Å²) in [7, 11) is 0. The fourth-order valence-corrected chi connectivity index (χ4v) is 3.62. The number of hydrogen-bond donors (Lipinski definition) is 0. The summed E-state index contributed by atoms with van der Waals surface area (Å²) in [6.45, 7) is 4.86. The molecule has 0 aromatic heterocycles. The molecule has 0 aliphatic heterocycles. The Bertz CT molecular complexity index is 428. The van der Waals surface area contributed by atoms with E-state index in [4.69, 9.17) is 0 Å². The molecule has 0 aliphatic rings. The fourth-order valence-electron chi connectivity index (χ4n) is 1.66. The van der Waals surface area contributed by atoms with Gasteiger partial charge in [0.05, 0.1) is 0 Å². The van der Waals surface area contributed by atoms with Crippen molar-refractivity contribution >= 4 is 23.8 Å². The Morgan fingerprint density at radius 1 is 0.706 bits per heavy atom. The van der Waals surface area contributed by atoms with Gasteiger partial charge in [0, 0.05) is 0 Å². The molecule has 2 aromatic carbocycles. The second kappa shape index (κ2) is 6.47. The third kappa shape index (κ3) is 3.35. The molecule has 0 radical (unpaired) electrons. The molecule has 0 saturated heterocycles. The number of benzene rings is 2. The molecule has 1 heteroatoms. The molecule has 0 aliphatic carbocycles. The highest BCUT2D eigenvalue weighted by Crippen LogP contribution is 2.37. The number of rotatable bonds is 2. The van der Waals surface area contributed by atoms with E-state index in [0.29, 0.717) is 0 Å². The van der Waals surface area contributed by atoms with Gasteiger partial charge in [-0.05, 0) is 17.3 Å². The summed E-state index contributed by atoms with van der Waals surface area (Å²) in [6, 6.07) is 21.1. The minimum atomic E-state index is -1.40. The minimum absolute atomic E-state index is 1.36. The third-order valence-corrected chi connectivity index (χ3v) is 5.53. The predicted octanol–water partition coefficient (Wildman–Crippen LogP) is 3.74. The van der Waals surface area contributed by atoms with Crippen molar-refractivity contribution in [2.24, 2.45) is 0 Å². The molecule has 0 N–H and O–H groups in total. The highest BCUT2D eigenvalue weighted by atomic mass is 31.2. The SMILES string of the molecule is C=P(C)(c1ccccc1)c1ccccc1.CC. The van der Waals surface area contributed by atoms with Crippen molar-refractivity contribution < 1.29 is 0 Å². The molecule has 17 heavy (non-hydrogen) atoms. The highest BCUT2D eigenvalue weighted by Gasteiger charge is 2.11. The predicted molar refractivity (Wildman–Crippen MR) is 83.5 cm³/mol. The summed E-state index contributed by atoms with van der Waals surface area (Å²) in [6.07, 6.45) is 4.42. The van der Waals surface area contributed by atoms with Gasteiger partial charge in [-0.25, -0.2) is 0 Å². The Morgan fingerprint density at radius 2 is 1.00 bits per heavy atom. The summed E-state index contributed by atoms with van der Waals surface area (Å²) in [5.74, 6) is 0. The number of hydrogen-bond acceptors (Lipinski definition) is 0. The zero-order chi connectivity index (χ0) is 12.7. The van der Waals surface area contributed by atoms with Crippen molar-refractivity contribution in [3.63, 3.8) is 0 Å². The van der Waals surface area contributed by atoms with Crippen molar-refractivity contribution in [2.75, 3.05) is 6.66 Å². The minimum Gasteiger partial charge on any atom is -0.0929 e. The van der Waals surface area contributed by atoms with Crippen molar-refractivity contribution in [3.05, 3.63) is 60.7 Å². The molecule has 0 bridgehead atoms. The lowest BCUT2D eigenvalue weighted by molar-refractivity contribution is 1.50. The molecule has 0 unspecified atom stereocenters. The Hall–Kier alpha value is -1.26. The van der Waals surface area contributed by atoms with Gasteiger partial charge in [0.15, 0.2) is 0 Å². The van der Waals surface area contributed by atoms with Crippen LogP contribution < -0.4 is 10.6 Å². The van der Waals surface area contributed by atoms with Crippen molar-refractivity contribution in [1.82, 2.24) is 0 Å². The van der Waals surface area contributed by atoms with Gasteiger partial charge in [-0.3, -0.25) is 0 Å². The standard InChI is InChI=1S/C14H15P.C2H6/c1-15(2,13-9-5-3-6-10-13)14-11-7-4-8-12-14;1-2/h3-12H,1H2,2H3;1-2H3. The molecular formula is C16H21P. The lowest BCUT2D eigenvalue weighted by Gasteiger charge is -2.20. The monoisotopic (exact) mass is 244 g/mol. The van der Waals surface area contributed by atoms with E-state index in [-0.39, 0.29) is 0 Å². The summed E-state index contributed by atoms with van der Waals surface area (Å²) in [5, 5.41) is 2.72. The molecular weight excluding hydrogens is 223 g/mol. The van der Waals surface area contributed by atoms with Gasteiger partial charge in [-0.1, -0.05) is 87.7 Å². The molecule has 2 rings (SSSR count). The van der Waals surface area contributed by atoms with Gasteiger partial charge in [-0.15, -0.1) is 0 Å². The van der Waals surface area contributed by atoms with Crippen LogP contribution >= 0.6 is 6.89 Å². The van der Waals surface area contributed by atoms with Gasteiger partial charge < -0.3 is 0 Å². The normalized spacial score (nSPS) is 10.3. The second-order valence-electron chi connectivity index (χ2n) is 3.86. The molecule has 0 nitrogen and oxygen atoms in total. The summed E-state index contributed by atoms with van der Waals surface area (Å²) < 4.78 is 0. The van der Waals surface area contributed by atoms with E-state index < -0.39 is 6.89 Å². The van der Waals surface area contributed by atoms with Crippen LogP contribution in [-0.4, -0.2) is 13.0 Å². The average Bonchev–Trinajstić information content (AvgIpc) is 2.43. The summed E-state index contributed by atoms with van der Waals surface area (Å²) in [5.41, 5.74) is 0. The Balaban J connectivity index is 0.000000686. The van der Waals surface area contributed by atoms with Crippen molar-refractivity contribution in [1.29, 1.82) is 0 Å². The second-order valence-corrected chi connectivity index (χ2v) is 7.28. The van der Waals surface area contributed by atoms with E-state index in [2.05, 4.69) is 73.6 Å². The van der Waals surface area contributed by atoms with Crippen LogP contribution in [0.2, 0.25) is 0 Å². The molecule has 0 atom stereocenters. The first-order valence-corrected chi connectivity index (χ1v) is 8.45. The zero-order valence-corrected chi connectivity index (χ0v) is 11.8. The molecule has 0 fully saturated rings. The Labute approximate surface area is 105 Å². The Kier molecular flexibility index (Phi) is 5.25. The Morgan fingerprint density at radius 3 is 1.29 bits per heavy atom. The van der Waals surface area contributed by atoms with Crippen LogP contribution in [0.15, 0.2) is 60.7 Å². The molecule has 0 saturated carbocycles. The van der Waals surface area contributed by atoms with E-state index in [9.17, 15) is 0 Å². The van der Waals surface area contributed by atoms with Crippen LogP contribution in [0.4, 0.5) is 0 Å². The van der Waals surface area contributed by atoms with E-state index in [0.717, 1.165) is 0 Å². The first-order valence-electron chi connectivity index (χ1n) is 6.03. The molecule has 0 heterocycles. The van der Waals surface area contributed by atoms with Crippen LogP contribution in [-0.2, 0) is 0 Å². The quantitative estimate of drug-likeness (QED) is 0.706. The lowest BCUT2D eigenvalue weighted by Crippen LogP contribution is -2.14. The largest absolute Gasteiger partial charge is 0.0929 e. The van der Waals surface area contributed by atoms with E-state index in [1.54, 1.807) is 0 Å². The molecule has 0 amide bonds. The summed E-state index contributed by atoms with van der Waals surface area (Å²) >= 11 is 0. The summed E-state index contributed by atoms with van der Waals surface area (Å²) in [4.78, 5) is 0. The first-order chi connectivity index (χ1) is 8.21. The third-order valence-electron chi connectivity index (χ3n) is 2.65. The van der Waals surface area contributed by atoms with Gasteiger partial charge >= 0.3 is 0 Å². The van der Waals surface area contributed by atoms with Crippen LogP contribution in [0, 0.1) is 0 Å². The van der Waals surface area contributed by atoms with Crippen LogP contribution in [0.25, 0.3) is 0 Å².